The van der Waals surface area contributed by atoms with Crippen LogP contribution in [0.25, 0.3) is 0 Å². The highest BCUT2D eigenvalue weighted by molar-refractivity contribution is 8.14. The minimum Gasteiger partial charge on any atom is -0.365 e. The van der Waals surface area contributed by atoms with Crippen LogP contribution in [-0.2, 0) is 0 Å². The van der Waals surface area contributed by atoms with Crippen LogP contribution in [0.15, 0.2) is 9.98 Å². The van der Waals surface area contributed by atoms with Crippen molar-refractivity contribution in [1.82, 2.24) is 10.6 Å². The highest BCUT2D eigenvalue weighted by Crippen LogP contribution is 2.10. The van der Waals surface area contributed by atoms with Crippen LogP contribution in [0.3, 0.4) is 0 Å². The van der Waals surface area contributed by atoms with Crippen LogP contribution in [0.2, 0.25) is 0 Å². The Morgan fingerprint density at radius 3 is 1.45 bits per heavy atom. The van der Waals surface area contributed by atoms with Crippen molar-refractivity contribution in [2.24, 2.45) is 9.98 Å². The van der Waals surface area contributed by atoms with E-state index in [0.717, 1.165) is 48.0 Å². The lowest BCUT2D eigenvalue weighted by atomic mass is 10.4. The van der Waals surface area contributed by atoms with E-state index >= 15 is 0 Å². The molecule has 0 aliphatic rings. The highest BCUT2D eigenvalue weighted by Gasteiger charge is 2.00. The predicted octanol–water partition coefficient (Wildman–Crippen LogP) is 3.20. The van der Waals surface area contributed by atoms with Crippen LogP contribution in [-0.4, -0.2) is 48.0 Å². The Balaban J connectivity index is 3.70. The molecule has 0 spiro atoms. The second-order valence-electron chi connectivity index (χ2n) is 4.02. The van der Waals surface area contributed by atoms with Gasteiger partial charge in [-0.2, -0.15) is 0 Å². The van der Waals surface area contributed by atoms with E-state index in [2.05, 4.69) is 48.3 Å². The standard InChI is InChI=1S/C14H30N4S2/c1-5-15-13(16-6-2)19-11-9-10-12-20-14(17-7-3)18-8-4/h5-12H2,1-4H3,(H,15,16)(H,17,18). The molecule has 0 unspecified atom stereocenters. The Morgan fingerprint density at radius 2 is 1.15 bits per heavy atom. The number of thioether (sulfide) groups is 2. The van der Waals surface area contributed by atoms with Crippen molar-refractivity contribution in [3.63, 3.8) is 0 Å². The zero-order valence-electron chi connectivity index (χ0n) is 13.4. The average molecular weight is 319 g/mol. The first-order valence-electron chi connectivity index (χ1n) is 7.60. The van der Waals surface area contributed by atoms with Crippen molar-refractivity contribution in [3.8, 4) is 0 Å². The molecule has 0 amide bonds. The summed E-state index contributed by atoms with van der Waals surface area (Å²) in [5.74, 6) is 2.27. The number of hydrogen-bond acceptors (Lipinski definition) is 4. The van der Waals surface area contributed by atoms with Gasteiger partial charge in [-0.3, -0.25) is 9.98 Å². The van der Waals surface area contributed by atoms with E-state index in [1.54, 1.807) is 0 Å². The molecule has 0 fully saturated rings. The number of hydrogen-bond donors (Lipinski definition) is 2. The van der Waals surface area contributed by atoms with Gasteiger partial charge in [-0.25, -0.2) is 0 Å². The van der Waals surface area contributed by atoms with Crippen molar-refractivity contribution >= 4 is 33.9 Å². The Kier molecular flexibility index (Phi) is 14.8. The predicted molar refractivity (Wildman–Crippen MR) is 97.5 cm³/mol. The van der Waals surface area contributed by atoms with E-state index in [1.165, 1.54) is 12.8 Å². The largest absolute Gasteiger partial charge is 0.365 e. The third-order valence-electron chi connectivity index (χ3n) is 2.28. The summed E-state index contributed by atoms with van der Waals surface area (Å²) in [5, 5.41) is 8.78. The number of amidine groups is 2. The van der Waals surface area contributed by atoms with Gasteiger partial charge in [-0.1, -0.05) is 23.5 Å². The van der Waals surface area contributed by atoms with Gasteiger partial charge in [-0.05, 0) is 40.5 Å². The lowest BCUT2D eigenvalue weighted by Crippen LogP contribution is -2.21. The molecule has 0 saturated carbocycles. The smallest absolute Gasteiger partial charge is 0.156 e. The van der Waals surface area contributed by atoms with Crippen LogP contribution < -0.4 is 10.6 Å². The summed E-state index contributed by atoms with van der Waals surface area (Å²) in [6, 6.07) is 0. The maximum atomic E-state index is 4.44. The van der Waals surface area contributed by atoms with Gasteiger partial charge in [0.05, 0.1) is 0 Å². The molecule has 20 heavy (non-hydrogen) atoms. The molecule has 0 aromatic rings. The summed E-state index contributed by atoms with van der Waals surface area (Å²) in [7, 11) is 0. The van der Waals surface area contributed by atoms with E-state index in [9.17, 15) is 0 Å². The van der Waals surface area contributed by atoms with Crippen molar-refractivity contribution in [2.45, 2.75) is 40.5 Å². The second kappa shape index (κ2) is 15.0. The molecule has 0 aliphatic carbocycles. The Labute approximate surface area is 133 Å². The Bertz CT molecular complexity index is 252. The molecule has 4 nitrogen and oxygen atoms in total. The third kappa shape index (κ3) is 11.5. The first-order chi connectivity index (χ1) is 9.78. The second-order valence-corrected chi connectivity index (χ2v) is 6.19. The molecule has 0 aromatic heterocycles. The molecular formula is C14H30N4S2. The van der Waals surface area contributed by atoms with E-state index < -0.39 is 0 Å². The molecule has 0 bridgehead atoms. The van der Waals surface area contributed by atoms with Crippen LogP contribution >= 0.6 is 23.5 Å². The Morgan fingerprint density at radius 1 is 0.750 bits per heavy atom. The monoisotopic (exact) mass is 318 g/mol. The number of nitrogens with one attached hydrogen (secondary N) is 2. The van der Waals surface area contributed by atoms with Crippen LogP contribution in [0.1, 0.15) is 40.5 Å². The third-order valence-corrected chi connectivity index (χ3v) is 4.36. The van der Waals surface area contributed by atoms with Crippen LogP contribution in [0.5, 0.6) is 0 Å². The molecule has 0 aromatic carbocycles. The van der Waals surface area contributed by atoms with E-state index in [4.69, 9.17) is 0 Å². The summed E-state index contributed by atoms with van der Waals surface area (Å²) in [6.45, 7) is 12.0. The van der Waals surface area contributed by atoms with Crippen LogP contribution in [0, 0.1) is 0 Å². The fraction of sp³-hybridized carbons (Fsp3) is 0.857. The zero-order chi connectivity index (χ0) is 15.1. The number of aliphatic imine (C=N–C) groups is 2. The zero-order valence-corrected chi connectivity index (χ0v) is 15.0. The molecule has 0 radical (unpaired) electrons. The van der Waals surface area contributed by atoms with Crippen molar-refractivity contribution < 1.29 is 0 Å². The number of rotatable bonds is 9. The van der Waals surface area contributed by atoms with Crippen LogP contribution in [0.4, 0.5) is 0 Å². The number of nitrogens with zero attached hydrogens (tertiary/aromatic N) is 2. The minimum absolute atomic E-state index is 0.852. The summed E-state index contributed by atoms with van der Waals surface area (Å²) in [4.78, 5) is 8.89. The molecule has 6 heteroatoms. The number of unbranched alkanes of at least 4 members (excludes halogenated alkanes) is 1. The lowest BCUT2D eigenvalue weighted by Gasteiger charge is -2.08. The highest BCUT2D eigenvalue weighted by atomic mass is 32.2. The van der Waals surface area contributed by atoms with Crippen molar-refractivity contribution in [2.75, 3.05) is 37.7 Å². The molecule has 0 saturated heterocycles. The molecular weight excluding hydrogens is 288 g/mol. The minimum atomic E-state index is 0.852. The summed E-state index contributed by atoms with van der Waals surface area (Å²) in [5.41, 5.74) is 0. The van der Waals surface area contributed by atoms with Gasteiger partial charge in [-0.15, -0.1) is 0 Å². The molecule has 2 N–H and O–H groups in total. The van der Waals surface area contributed by atoms with Gasteiger partial charge in [0.15, 0.2) is 10.3 Å². The van der Waals surface area contributed by atoms with Gasteiger partial charge in [0, 0.05) is 37.7 Å². The first kappa shape index (κ1) is 19.6. The summed E-state index contributed by atoms with van der Waals surface area (Å²) in [6.07, 6.45) is 2.44. The normalized spacial score (nSPS) is 12.6. The molecule has 118 valence electrons. The summed E-state index contributed by atoms with van der Waals surface area (Å²) >= 11 is 3.67. The lowest BCUT2D eigenvalue weighted by molar-refractivity contribution is 0.907. The van der Waals surface area contributed by atoms with Crippen molar-refractivity contribution in [1.29, 1.82) is 0 Å². The van der Waals surface area contributed by atoms with Gasteiger partial charge >= 0.3 is 0 Å². The van der Waals surface area contributed by atoms with E-state index in [1.807, 2.05) is 23.5 Å². The SMILES string of the molecule is CCN=C(NCC)SCCCCSC(=NCC)NCC. The average Bonchev–Trinajstić information content (AvgIpc) is 2.43. The topological polar surface area (TPSA) is 48.8 Å². The molecule has 0 atom stereocenters. The molecule has 0 rings (SSSR count). The van der Waals surface area contributed by atoms with Gasteiger partial charge in [0.2, 0.25) is 0 Å². The fourth-order valence-electron chi connectivity index (χ4n) is 1.44. The summed E-state index contributed by atoms with van der Waals surface area (Å²) < 4.78 is 0. The Hall–Kier alpha value is -0.360. The quantitative estimate of drug-likeness (QED) is 0.389. The van der Waals surface area contributed by atoms with E-state index in [-0.39, 0.29) is 0 Å². The first-order valence-corrected chi connectivity index (χ1v) is 9.57. The maximum absolute atomic E-state index is 4.44. The van der Waals surface area contributed by atoms with Gasteiger partial charge < -0.3 is 10.6 Å². The van der Waals surface area contributed by atoms with E-state index in [0.29, 0.717) is 0 Å². The van der Waals surface area contributed by atoms with Crippen molar-refractivity contribution in [3.05, 3.63) is 0 Å². The van der Waals surface area contributed by atoms with Gasteiger partial charge in [0.1, 0.15) is 0 Å². The van der Waals surface area contributed by atoms with Gasteiger partial charge in [0.25, 0.3) is 0 Å². The maximum Gasteiger partial charge on any atom is 0.156 e. The molecule has 0 aliphatic heterocycles. The fourth-order valence-corrected chi connectivity index (χ4v) is 3.45. The molecule has 0 heterocycles.